The third-order valence-corrected chi connectivity index (χ3v) is 9.67. The molecule has 2 saturated carbocycles. The molecule has 3 N–H and O–H groups in total. The van der Waals surface area contributed by atoms with E-state index in [2.05, 4.69) is 4.90 Å². The average molecular weight is 493 g/mol. The summed E-state index contributed by atoms with van der Waals surface area (Å²) in [7, 11) is 1.79. The maximum atomic E-state index is 13.2. The molecule has 1 aromatic carbocycles. The summed E-state index contributed by atoms with van der Waals surface area (Å²) >= 11 is 0. The minimum atomic E-state index is -1.07. The van der Waals surface area contributed by atoms with Crippen LogP contribution >= 0.6 is 0 Å². The van der Waals surface area contributed by atoms with Crippen LogP contribution in [0.4, 0.5) is 0 Å². The van der Waals surface area contributed by atoms with Gasteiger partial charge in [0.2, 0.25) is 5.91 Å². The molecule has 3 fully saturated rings. The smallest absolute Gasteiger partial charge is 0.246 e. The number of benzene rings is 1. The van der Waals surface area contributed by atoms with Crippen LogP contribution < -0.4 is 4.74 Å². The van der Waals surface area contributed by atoms with Crippen LogP contribution in [0.25, 0.3) is 6.08 Å². The number of phenolic OH excluding ortho intramolecular Hbond substituents is 1. The minimum Gasteiger partial charge on any atom is -0.504 e. The summed E-state index contributed by atoms with van der Waals surface area (Å²) in [6, 6.07) is 5.02. The number of β-amino-alcohol motifs (C(OH)–C–C–N with tert-alkyl or cyclic N) is 1. The monoisotopic (exact) mass is 492 g/mol. The standard InChI is InChI=1S/C28H32N2O6/c1-29(22(32)5-2-17-7-13-35-15-17)19-6-8-28(34)21-14-18-3-4-20(31)24-23(18)27(28,25(19)36-24)11-12-30(21)16-26(33)9-10-26/h2-5,7,13,15,19,21,25,31,33-34H,6,8-12,14,16H2,1H3/b5-2+/t19-,21+,25+,27+,28-/m1/s1. The molecule has 1 saturated heterocycles. The highest BCUT2D eigenvalue weighted by Crippen LogP contribution is 2.66. The molecule has 2 aromatic rings. The van der Waals surface area contributed by atoms with Gasteiger partial charge in [0.15, 0.2) is 11.5 Å². The first-order chi connectivity index (χ1) is 17.3. The molecule has 36 heavy (non-hydrogen) atoms. The van der Waals surface area contributed by atoms with E-state index < -0.39 is 22.7 Å². The van der Waals surface area contributed by atoms with Crippen LogP contribution in [0.1, 0.15) is 48.8 Å². The number of aliphatic hydroxyl groups is 2. The zero-order valence-electron chi connectivity index (χ0n) is 20.4. The van der Waals surface area contributed by atoms with Crippen molar-refractivity contribution in [2.45, 2.75) is 73.3 Å². The van der Waals surface area contributed by atoms with Gasteiger partial charge in [-0.3, -0.25) is 9.69 Å². The number of ether oxygens (including phenoxy) is 1. The second-order valence-corrected chi connectivity index (χ2v) is 11.5. The molecule has 0 unspecified atom stereocenters. The lowest BCUT2D eigenvalue weighted by atomic mass is 9.48. The Kier molecular flexibility index (Phi) is 4.58. The van der Waals surface area contributed by atoms with E-state index in [1.807, 2.05) is 6.07 Å². The van der Waals surface area contributed by atoms with Crippen molar-refractivity contribution in [2.24, 2.45) is 0 Å². The fourth-order valence-corrected chi connectivity index (χ4v) is 7.69. The van der Waals surface area contributed by atoms with E-state index >= 15 is 0 Å². The van der Waals surface area contributed by atoms with Crippen LogP contribution in [0.3, 0.4) is 0 Å². The van der Waals surface area contributed by atoms with E-state index in [1.54, 1.807) is 42.7 Å². The number of piperidine rings is 1. The predicted octanol–water partition coefficient (Wildman–Crippen LogP) is 2.20. The summed E-state index contributed by atoms with van der Waals surface area (Å²) in [5.41, 5.74) is 0.399. The Hall–Kier alpha value is -2.81. The van der Waals surface area contributed by atoms with Gasteiger partial charge in [0.25, 0.3) is 0 Å². The van der Waals surface area contributed by atoms with Gasteiger partial charge in [0.05, 0.1) is 35.2 Å². The van der Waals surface area contributed by atoms with E-state index in [9.17, 15) is 20.1 Å². The summed E-state index contributed by atoms with van der Waals surface area (Å²) in [6.45, 7) is 1.30. The first-order valence-corrected chi connectivity index (χ1v) is 12.9. The van der Waals surface area contributed by atoms with Gasteiger partial charge in [0, 0.05) is 36.8 Å². The number of carbonyl (C=O) groups excluding carboxylic acids is 1. The van der Waals surface area contributed by atoms with Crippen molar-refractivity contribution in [3.8, 4) is 11.5 Å². The molecule has 0 radical (unpaired) electrons. The van der Waals surface area contributed by atoms with E-state index in [1.165, 1.54) is 6.08 Å². The van der Waals surface area contributed by atoms with Gasteiger partial charge < -0.3 is 29.4 Å². The largest absolute Gasteiger partial charge is 0.504 e. The lowest BCUT2D eigenvalue weighted by molar-refractivity contribution is -0.202. The summed E-state index contributed by atoms with van der Waals surface area (Å²) in [6.07, 6.45) is 9.97. The summed E-state index contributed by atoms with van der Waals surface area (Å²) < 4.78 is 11.6. The van der Waals surface area contributed by atoms with Crippen molar-refractivity contribution < 1.29 is 29.3 Å². The van der Waals surface area contributed by atoms with Gasteiger partial charge >= 0.3 is 0 Å². The highest BCUT2D eigenvalue weighted by atomic mass is 16.5. The molecular formula is C28H32N2O6. The second kappa shape index (κ2) is 7.37. The number of nitrogens with zero attached hydrogens (tertiary/aromatic N) is 2. The maximum Gasteiger partial charge on any atom is 0.246 e. The summed E-state index contributed by atoms with van der Waals surface area (Å²) in [5.74, 6) is 0.402. The number of furan rings is 1. The molecule has 5 aliphatic rings. The first-order valence-electron chi connectivity index (χ1n) is 12.9. The number of phenols is 1. The summed E-state index contributed by atoms with van der Waals surface area (Å²) in [5, 5.41) is 34.0. The number of likely N-dealkylation sites (N-methyl/N-ethyl adjacent to an activating group) is 1. The maximum absolute atomic E-state index is 13.2. The van der Waals surface area contributed by atoms with Crippen molar-refractivity contribution in [2.75, 3.05) is 20.1 Å². The lowest BCUT2D eigenvalue weighted by Crippen LogP contribution is -2.78. The van der Waals surface area contributed by atoms with E-state index in [0.717, 1.165) is 36.1 Å². The second-order valence-electron chi connectivity index (χ2n) is 11.5. The molecule has 8 heteroatoms. The first kappa shape index (κ1) is 22.4. The average Bonchev–Trinajstić information content (AvgIpc) is 3.22. The number of hydrogen-bond acceptors (Lipinski definition) is 7. The van der Waals surface area contributed by atoms with E-state index in [4.69, 9.17) is 9.15 Å². The Bertz CT molecular complexity index is 1250. The van der Waals surface area contributed by atoms with Crippen molar-refractivity contribution in [1.82, 2.24) is 9.80 Å². The van der Waals surface area contributed by atoms with Crippen LogP contribution in [-0.2, 0) is 16.6 Å². The molecule has 3 heterocycles. The van der Waals surface area contributed by atoms with Gasteiger partial charge in [-0.1, -0.05) is 6.07 Å². The number of aromatic hydroxyl groups is 1. The zero-order chi connectivity index (χ0) is 24.9. The van der Waals surface area contributed by atoms with Crippen molar-refractivity contribution in [3.63, 3.8) is 0 Å². The van der Waals surface area contributed by atoms with Crippen LogP contribution in [0.2, 0.25) is 0 Å². The molecule has 190 valence electrons. The number of likely N-dealkylation sites (tertiary alicyclic amines) is 1. The SMILES string of the molecule is CN(C(=O)/C=C/c1ccoc1)[C@@H]1CC[C@@]2(O)[C@@H]3Cc4ccc(O)c5c4[C@@]2(CCN3CC2(O)CC2)[C@H]1O5. The molecular weight excluding hydrogens is 460 g/mol. The third-order valence-electron chi connectivity index (χ3n) is 9.67. The Morgan fingerprint density at radius 2 is 2.06 bits per heavy atom. The molecule has 2 bridgehead atoms. The van der Waals surface area contributed by atoms with Gasteiger partial charge in [-0.05, 0) is 68.8 Å². The van der Waals surface area contributed by atoms with Crippen molar-refractivity contribution in [3.05, 3.63) is 53.5 Å². The Morgan fingerprint density at radius 1 is 1.22 bits per heavy atom. The fraction of sp³-hybridized carbons (Fsp3) is 0.536. The highest BCUT2D eigenvalue weighted by molar-refractivity contribution is 5.92. The van der Waals surface area contributed by atoms with Crippen molar-refractivity contribution in [1.29, 1.82) is 0 Å². The van der Waals surface area contributed by atoms with Crippen molar-refractivity contribution >= 4 is 12.0 Å². The predicted molar refractivity (Wildman–Crippen MR) is 131 cm³/mol. The third kappa shape index (κ3) is 2.89. The Balaban J connectivity index is 1.28. The molecule has 5 atom stereocenters. The Labute approximate surface area is 209 Å². The number of amides is 1. The van der Waals surface area contributed by atoms with Gasteiger partial charge in [-0.15, -0.1) is 0 Å². The highest BCUT2D eigenvalue weighted by Gasteiger charge is 2.73. The Morgan fingerprint density at radius 3 is 2.81 bits per heavy atom. The molecule has 1 amide bonds. The molecule has 8 nitrogen and oxygen atoms in total. The molecule has 1 spiro atoms. The lowest BCUT2D eigenvalue weighted by Gasteiger charge is -2.64. The van der Waals surface area contributed by atoms with E-state index in [0.29, 0.717) is 38.0 Å². The van der Waals surface area contributed by atoms with Crippen LogP contribution in [0, 0.1) is 0 Å². The molecule has 1 aromatic heterocycles. The van der Waals surface area contributed by atoms with Gasteiger partial charge in [-0.2, -0.15) is 0 Å². The quantitative estimate of drug-likeness (QED) is 0.550. The topological polar surface area (TPSA) is 107 Å². The van der Waals surface area contributed by atoms with Crippen LogP contribution in [0.15, 0.2) is 41.2 Å². The van der Waals surface area contributed by atoms with E-state index in [-0.39, 0.29) is 23.7 Å². The number of rotatable bonds is 5. The minimum absolute atomic E-state index is 0.0839. The summed E-state index contributed by atoms with van der Waals surface area (Å²) in [4.78, 5) is 17.2. The fourth-order valence-electron chi connectivity index (χ4n) is 7.69. The number of carbonyl (C=O) groups is 1. The van der Waals surface area contributed by atoms with Gasteiger partial charge in [-0.25, -0.2) is 0 Å². The molecule has 3 aliphatic carbocycles. The molecule has 2 aliphatic heterocycles. The zero-order valence-corrected chi connectivity index (χ0v) is 20.4. The van der Waals surface area contributed by atoms with Crippen LogP contribution in [-0.4, -0.2) is 80.6 Å². The molecule has 7 rings (SSSR count). The number of hydrogen-bond donors (Lipinski definition) is 3. The normalized spacial score (nSPS) is 35.4. The van der Waals surface area contributed by atoms with Gasteiger partial charge in [0.1, 0.15) is 6.10 Å². The van der Waals surface area contributed by atoms with Crippen LogP contribution in [0.5, 0.6) is 11.5 Å².